The summed E-state index contributed by atoms with van der Waals surface area (Å²) in [6, 6.07) is 21.5. The van der Waals surface area contributed by atoms with E-state index in [1.165, 1.54) is 34.2 Å². The lowest BCUT2D eigenvalue weighted by Crippen LogP contribution is -2.31. The first-order valence-electron chi connectivity index (χ1n) is 10.4. The van der Waals surface area contributed by atoms with Crippen LogP contribution in [0.2, 0.25) is 0 Å². The van der Waals surface area contributed by atoms with Gasteiger partial charge >= 0.3 is 0 Å². The largest absolute Gasteiger partial charge is 0.395 e. The van der Waals surface area contributed by atoms with Crippen molar-refractivity contribution in [1.29, 1.82) is 0 Å². The van der Waals surface area contributed by atoms with Gasteiger partial charge in [0.25, 0.3) is 0 Å². The van der Waals surface area contributed by atoms with Crippen LogP contribution in [0.3, 0.4) is 0 Å². The Bertz CT molecular complexity index is 964. The van der Waals surface area contributed by atoms with Crippen LogP contribution in [0.15, 0.2) is 66.9 Å². The van der Waals surface area contributed by atoms with E-state index in [-0.39, 0.29) is 6.61 Å². The summed E-state index contributed by atoms with van der Waals surface area (Å²) in [4.78, 5) is 6.97. The Kier molecular flexibility index (Phi) is 6.18. The molecule has 3 nitrogen and oxygen atoms in total. The highest BCUT2D eigenvalue weighted by atomic mass is 16.3. The van der Waals surface area contributed by atoms with Crippen molar-refractivity contribution < 1.29 is 5.11 Å². The first kappa shape index (κ1) is 19.6. The Hall–Kier alpha value is -2.75. The summed E-state index contributed by atoms with van der Waals surface area (Å²) in [6.45, 7) is 4.34. The fourth-order valence-corrected chi connectivity index (χ4v) is 4.11. The third-order valence-electron chi connectivity index (χ3n) is 5.84. The maximum absolute atomic E-state index is 9.48. The third-order valence-corrected chi connectivity index (χ3v) is 5.84. The van der Waals surface area contributed by atoms with Crippen LogP contribution in [0, 0.1) is 6.92 Å². The predicted molar refractivity (Wildman–Crippen MR) is 120 cm³/mol. The minimum Gasteiger partial charge on any atom is -0.395 e. The van der Waals surface area contributed by atoms with Crippen molar-refractivity contribution in [2.75, 3.05) is 13.2 Å². The van der Waals surface area contributed by atoms with E-state index in [0.29, 0.717) is 6.04 Å². The van der Waals surface area contributed by atoms with E-state index < -0.39 is 0 Å². The zero-order valence-corrected chi connectivity index (χ0v) is 17.0. The lowest BCUT2D eigenvalue weighted by molar-refractivity contribution is 0.153. The fraction of sp³-hybridized carbons (Fsp3) is 0.269. The van der Waals surface area contributed by atoms with Crippen molar-refractivity contribution >= 4 is 12.2 Å². The highest BCUT2D eigenvalue weighted by molar-refractivity contribution is 5.76. The Morgan fingerprint density at radius 1 is 1.03 bits per heavy atom. The molecule has 4 rings (SSSR count). The lowest BCUT2D eigenvalue weighted by atomic mass is 9.96. The van der Waals surface area contributed by atoms with E-state index in [9.17, 15) is 5.11 Å². The predicted octanol–water partition coefficient (Wildman–Crippen LogP) is 5.18. The van der Waals surface area contributed by atoms with Crippen molar-refractivity contribution in [3.63, 3.8) is 0 Å². The second kappa shape index (κ2) is 9.17. The van der Waals surface area contributed by atoms with Gasteiger partial charge in [-0.05, 0) is 66.3 Å². The number of hydrogen-bond acceptors (Lipinski definition) is 3. The van der Waals surface area contributed by atoms with E-state index in [1.54, 1.807) is 0 Å². The van der Waals surface area contributed by atoms with Crippen LogP contribution < -0.4 is 0 Å². The zero-order valence-electron chi connectivity index (χ0n) is 17.0. The number of hydrogen-bond donors (Lipinski definition) is 1. The molecule has 0 aliphatic carbocycles. The molecule has 0 unspecified atom stereocenters. The van der Waals surface area contributed by atoms with Gasteiger partial charge in [0.1, 0.15) is 0 Å². The summed E-state index contributed by atoms with van der Waals surface area (Å²) >= 11 is 0. The van der Waals surface area contributed by atoms with Crippen LogP contribution in [-0.4, -0.2) is 34.2 Å². The molecule has 29 heavy (non-hydrogen) atoms. The zero-order chi connectivity index (χ0) is 20.1. The molecule has 0 saturated carbocycles. The van der Waals surface area contributed by atoms with Crippen LogP contribution in [0.1, 0.15) is 35.2 Å². The smallest absolute Gasteiger partial charge is 0.0630 e. The SMILES string of the molecule is Cc1c(/C=C/c2ccc(CN3CCC[C@H]3CO)cn2)cccc1-c1ccccc1. The van der Waals surface area contributed by atoms with Gasteiger partial charge in [0.05, 0.1) is 12.3 Å². The van der Waals surface area contributed by atoms with E-state index in [2.05, 4.69) is 83.6 Å². The molecule has 2 heterocycles. The molecule has 0 bridgehead atoms. The number of nitrogens with zero attached hydrogens (tertiary/aromatic N) is 2. The van der Waals surface area contributed by atoms with Crippen molar-refractivity contribution in [1.82, 2.24) is 9.88 Å². The average molecular weight is 385 g/mol. The van der Waals surface area contributed by atoms with Gasteiger partial charge in [-0.2, -0.15) is 0 Å². The molecular weight excluding hydrogens is 356 g/mol. The number of aliphatic hydroxyl groups excluding tert-OH is 1. The molecule has 1 saturated heterocycles. The van der Waals surface area contributed by atoms with Crippen molar-refractivity contribution in [3.8, 4) is 11.1 Å². The maximum Gasteiger partial charge on any atom is 0.0630 e. The number of pyridine rings is 1. The minimum atomic E-state index is 0.246. The number of aromatic nitrogens is 1. The number of likely N-dealkylation sites (tertiary alicyclic amines) is 1. The molecule has 1 fully saturated rings. The van der Waals surface area contributed by atoms with Gasteiger partial charge in [0.2, 0.25) is 0 Å². The minimum absolute atomic E-state index is 0.246. The fourth-order valence-electron chi connectivity index (χ4n) is 4.11. The molecule has 3 aromatic rings. The molecule has 3 heteroatoms. The van der Waals surface area contributed by atoms with Crippen LogP contribution in [0.25, 0.3) is 23.3 Å². The van der Waals surface area contributed by atoms with Crippen LogP contribution in [-0.2, 0) is 6.54 Å². The molecule has 1 N–H and O–H groups in total. The monoisotopic (exact) mass is 384 g/mol. The summed E-state index contributed by atoms with van der Waals surface area (Å²) in [7, 11) is 0. The van der Waals surface area contributed by atoms with Crippen molar-refractivity contribution in [2.45, 2.75) is 32.4 Å². The number of benzene rings is 2. The van der Waals surface area contributed by atoms with E-state index in [0.717, 1.165) is 25.2 Å². The van der Waals surface area contributed by atoms with Crippen LogP contribution >= 0.6 is 0 Å². The van der Waals surface area contributed by atoms with Gasteiger partial charge in [0.15, 0.2) is 0 Å². The Balaban J connectivity index is 1.47. The van der Waals surface area contributed by atoms with Crippen molar-refractivity contribution in [2.24, 2.45) is 0 Å². The van der Waals surface area contributed by atoms with Gasteiger partial charge in [0, 0.05) is 18.8 Å². The van der Waals surface area contributed by atoms with E-state index in [1.807, 2.05) is 12.3 Å². The first-order chi connectivity index (χ1) is 14.2. The first-order valence-corrected chi connectivity index (χ1v) is 10.4. The Morgan fingerprint density at radius 2 is 1.90 bits per heavy atom. The van der Waals surface area contributed by atoms with Gasteiger partial charge in [-0.25, -0.2) is 0 Å². The molecule has 1 aliphatic heterocycles. The summed E-state index contributed by atoms with van der Waals surface area (Å²) in [5.41, 5.74) is 7.14. The second-order valence-electron chi connectivity index (χ2n) is 7.76. The molecular formula is C26H28N2O. The molecule has 1 aliphatic rings. The van der Waals surface area contributed by atoms with Gasteiger partial charge in [-0.1, -0.05) is 60.7 Å². The molecule has 148 valence electrons. The topological polar surface area (TPSA) is 36.4 Å². The van der Waals surface area contributed by atoms with Crippen LogP contribution in [0.5, 0.6) is 0 Å². The highest BCUT2D eigenvalue weighted by Gasteiger charge is 2.23. The molecule has 0 amide bonds. The molecule has 1 aromatic heterocycles. The molecule has 2 aromatic carbocycles. The van der Waals surface area contributed by atoms with Crippen molar-refractivity contribution in [3.05, 3.63) is 89.2 Å². The van der Waals surface area contributed by atoms with Gasteiger partial charge in [-0.15, -0.1) is 0 Å². The van der Waals surface area contributed by atoms with Crippen LogP contribution in [0.4, 0.5) is 0 Å². The standard InChI is InChI=1S/C26H28N2O/c1-20-22(9-5-11-26(20)23-7-3-2-4-8-23)13-15-24-14-12-21(17-27-24)18-28-16-6-10-25(28)19-29/h2-5,7-9,11-15,17,25,29H,6,10,16,18-19H2,1H3/b15-13+/t25-/m0/s1. The summed E-state index contributed by atoms with van der Waals surface area (Å²) < 4.78 is 0. The third kappa shape index (κ3) is 4.64. The molecule has 0 spiro atoms. The summed E-state index contributed by atoms with van der Waals surface area (Å²) in [6.07, 6.45) is 8.44. The normalized spacial score (nSPS) is 17.2. The van der Waals surface area contributed by atoms with Gasteiger partial charge in [-0.3, -0.25) is 9.88 Å². The van der Waals surface area contributed by atoms with E-state index >= 15 is 0 Å². The summed E-state index contributed by atoms with van der Waals surface area (Å²) in [5.74, 6) is 0. The van der Waals surface area contributed by atoms with E-state index in [4.69, 9.17) is 0 Å². The quantitative estimate of drug-likeness (QED) is 0.636. The second-order valence-corrected chi connectivity index (χ2v) is 7.76. The summed E-state index contributed by atoms with van der Waals surface area (Å²) in [5, 5.41) is 9.48. The molecule has 0 radical (unpaired) electrons. The maximum atomic E-state index is 9.48. The Labute approximate surface area is 173 Å². The molecule has 1 atom stereocenters. The Morgan fingerprint density at radius 3 is 2.66 bits per heavy atom. The average Bonchev–Trinajstić information content (AvgIpc) is 3.22. The highest BCUT2D eigenvalue weighted by Crippen LogP contribution is 2.26. The lowest BCUT2D eigenvalue weighted by Gasteiger charge is -2.22. The number of aliphatic hydroxyl groups is 1. The van der Waals surface area contributed by atoms with Gasteiger partial charge < -0.3 is 5.11 Å². The number of rotatable bonds is 6.